The van der Waals surface area contributed by atoms with Crippen molar-refractivity contribution in [2.45, 2.75) is 31.9 Å². The molecule has 5 nitrogen and oxygen atoms in total. The van der Waals surface area contributed by atoms with Crippen LogP contribution in [0.4, 0.5) is 13.6 Å². The smallest absolute Gasteiger partial charge is 0.318 e. The quantitative estimate of drug-likeness (QED) is 0.934. The molecule has 1 fully saturated rings. The Morgan fingerprint density at radius 1 is 1.42 bits per heavy atom. The molecule has 128 valence electrons. The fourth-order valence-electron chi connectivity index (χ4n) is 3.10. The zero-order valence-corrected chi connectivity index (χ0v) is 13.5. The molecule has 1 N–H and O–H groups in total. The largest absolute Gasteiger partial charge is 0.334 e. The molecule has 2 heterocycles. The second-order valence-corrected chi connectivity index (χ2v) is 5.96. The van der Waals surface area contributed by atoms with Gasteiger partial charge in [-0.05, 0) is 24.0 Å². The molecular weight excluding hydrogens is 314 g/mol. The summed E-state index contributed by atoms with van der Waals surface area (Å²) in [6.07, 6.45) is 2.13. The standard InChI is InChI=1S/C17H20F2N4O/c1-22-11-13(10-21-22)14-6-3-2-5-12(14)9-20-17(24)23-8-4-7-15(23)16(18)19/h2-3,5-6,10-11,15-16H,4,7-9H2,1H3,(H,20,24)/t15-/m0/s1. The normalized spacial score (nSPS) is 17.5. The van der Waals surface area contributed by atoms with Crippen LogP contribution in [0, 0.1) is 0 Å². The Bertz CT molecular complexity index is 716. The Morgan fingerprint density at radius 2 is 2.21 bits per heavy atom. The van der Waals surface area contributed by atoms with Crippen molar-refractivity contribution in [1.29, 1.82) is 0 Å². The summed E-state index contributed by atoms with van der Waals surface area (Å²) in [6, 6.07) is 6.27. The topological polar surface area (TPSA) is 50.2 Å². The van der Waals surface area contributed by atoms with Crippen LogP contribution in [0.2, 0.25) is 0 Å². The molecule has 1 aliphatic heterocycles. The Morgan fingerprint density at radius 3 is 2.92 bits per heavy atom. The molecule has 0 bridgehead atoms. The van der Waals surface area contributed by atoms with Crippen molar-refractivity contribution in [1.82, 2.24) is 20.0 Å². The summed E-state index contributed by atoms with van der Waals surface area (Å²) in [6.45, 7) is 0.668. The molecule has 0 radical (unpaired) electrons. The van der Waals surface area contributed by atoms with Crippen LogP contribution in [-0.4, -0.2) is 39.7 Å². The van der Waals surface area contributed by atoms with E-state index >= 15 is 0 Å². The number of nitrogens with zero attached hydrogens (tertiary/aromatic N) is 3. The summed E-state index contributed by atoms with van der Waals surface area (Å²) >= 11 is 0. The minimum absolute atomic E-state index is 0.288. The number of aryl methyl sites for hydroxylation is 1. The monoisotopic (exact) mass is 334 g/mol. The highest BCUT2D eigenvalue weighted by atomic mass is 19.3. The first kappa shape index (κ1) is 16.4. The Labute approximate surface area is 139 Å². The van der Waals surface area contributed by atoms with Gasteiger partial charge in [0.2, 0.25) is 0 Å². The van der Waals surface area contributed by atoms with E-state index in [0.717, 1.165) is 16.7 Å². The first-order valence-corrected chi connectivity index (χ1v) is 7.96. The second-order valence-electron chi connectivity index (χ2n) is 5.96. The molecule has 7 heteroatoms. The van der Waals surface area contributed by atoms with Gasteiger partial charge in [-0.25, -0.2) is 13.6 Å². The van der Waals surface area contributed by atoms with Gasteiger partial charge >= 0.3 is 6.03 Å². The molecule has 1 aliphatic rings. The van der Waals surface area contributed by atoms with Gasteiger partial charge in [-0.1, -0.05) is 24.3 Å². The van der Waals surface area contributed by atoms with Crippen molar-refractivity contribution >= 4 is 6.03 Å². The first-order valence-electron chi connectivity index (χ1n) is 7.96. The lowest BCUT2D eigenvalue weighted by atomic mass is 10.0. The van der Waals surface area contributed by atoms with Crippen LogP contribution in [0.15, 0.2) is 36.7 Å². The van der Waals surface area contributed by atoms with Gasteiger partial charge in [-0.2, -0.15) is 5.10 Å². The van der Waals surface area contributed by atoms with Gasteiger partial charge in [0.05, 0.1) is 12.2 Å². The summed E-state index contributed by atoms with van der Waals surface area (Å²) in [4.78, 5) is 13.5. The number of halogens is 2. The average molecular weight is 334 g/mol. The zero-order chi connectivity index (χ0) is 17.1. The lowest BCUT2D eigenvalue weighted by Crippen LogP contribution is -2.45. The number of hydrogen-bond donors (Lipinski definition) is 1. The highest BCUT2D eigenvalue weighted by Crippen LogP contribution is 2.24. The first-order chi connectivity index (χ1) is 11.6. The molecule has 0 unspecified atom stereocenters. The van der Waals surface area contributed by atoms with Crippen molar-refractivity contribution < 1.29 is 13.6 Å². The van der Waals surface area contributed by atoms with Crippen molar-refractivity contribution in [2.75, 3.05) is 6.54 Å². The van der Waals surface area contributed by atoms with Gasteiger partial charge in [0, 0.05) is 31.9 Å². The molecule has 1 atom stereocenters. The van der Waals surface area contributed by atoms with E-state index in [1.165, 1.54) is 4.90 Å². The number of amides is 2. The minimum Gasteiger partial charge on any atom is -0.334 e. The number of carbonyl (C=O) groups is 1. The molecule has 3 rings (SSSR count). The number of carbonyl (C=O) groups excluding carboxylic acids is 1. The van der Waals surface area contributed by atoms with E-state index in [4.69, 9.17) is 0 Å². The van der Waals surface area contributed by atoms with Crippen LogP contribution >= 0.6 is 0 Å². The maximum Gasteiger partial charge on any atom is 0.318 e. The van der Waals surface area contributed by atoms with Crippen LogP contribution in [0.1, 0.15) is 18.4 Å². The Kier molecular flexibility index (Phi) is 4.78. The average Bonchev–Trinajstić information content (AvgIpc) is 3.22. The van der Waals surface area contributed by atoms with E-state index in [2.05, 4.69) is 10.4 Å². The zero-order valence-electron chi connectivity index (χ0n) is 13.5. The van der Waals surface area contributed by atoms with E-state index in [0.29, 0.717) is 19.4 Å². The highest BCUT2D eigenvalue weighted by Gasteiger charge is 2.35. The second kappa shape index (κ2) is 6.98. The number of hydrogen-bond acceptors (Lipinski definition) is 2. The van der Waals surface area contributed by atoms with Crippen LogP contribution in [0.25, 0.3) is 11.1 Å². The lowest BCUT2D eigenvalue weighted by molar-refractivity contribution is 0.0606. The Balaban J connectivity index is 1.70. The summed E-state index contributed by atoms with van der Waals surface area (Å²) in [5, 5.41) is 6.93. The predicted octanol–water partition coefficient (Wildman–Crippen LogP) is 3.03. The predicted molar refractivity (Wildman–Crippen MR) is 86.6 cm³/mol. The molecule has 2 aromatic rings. The lowest BCUT2D eigenvalue weighted by Gasteiger charge is -2.24. The maximum absolute atomic E-state index is 13.0. The van der Waals surface area contributed by atoms with Crippen LogP contribution in [0.5, 0.6) is 0 Å². The van der Waals surface area contributed by atoms with E-state index in [1.54, 1.807) is 10.9 Å². The number of rotatable bonds is 4. The molecule has 24 heavy (non-hydrogen) atoms. The van der Waals surface area contributed by atoms with E-state index in [-0.39, 0.29) is 6.54 Å². The minimum atomic E-state index is -2.50. The van der Waals surface area contributed by atoms with Gasteiger partial charge in [-0.3, -0.25) is 4.68 Å². The molecule has 2 amide bonds. The van der Waals surface area contributed by atoms with Gasteiger partial charge in [0.15, 0.2) is 0 Å². The highest BCUT2D eigenvalue weighted by molar-refractivity contribution is 5.75. The number of alkyl halides is 2. The molecule has 1 aromatic heterocycles. The maximum atomic E-state index is 13.0. The Hall–Kier alpha value is -2.44. The SMILES string of the molecule is Cn1cc(-c2ccccc2CNC(=O)N2CCC[C@H]2C(F)F)cn1. The van der Waals surface area contributed by atoms with Crippen LogP contribution < -0.4 is 5.32 Å². The molecule has 1 aromatic carbocycles. The van der Waals surface area contributed by atoms with Gasteiger partial charge in [0.25, 0.3) is 6.43 Å². The van der Waals surface area contributed by atoms with Crippen LogP contribution in [-0.2, 0) is 13.6 Å². The molecule has 0 spiro atoms. The summed E-state index contributed by atoms with van der Waals surface area (Å²) in [5.41, 5.74) is 2.85. The van der Waals surface area contributed by atoms with Crippen molar-refractivity contribution in [3.8, 4) is 11.1 Å². The van der Waals surface area contributed by atoms with Gasteiger partial charge in [-0.15, -0.1) is 0 Å². The fourth-order valence-corrected chi connectivity index (χ4v) is 3.10. The molecule has 1 saturated heterocycles. The van der Waals surface area contributed by atoms with Crippen molar-refractivity contribution in [3.05, 3.63) is 42.2 Å². The summed E-state index contributed by atoms with van der Waals surface area (Å²) in [7, 11) is 1.84. The number of benzene rings is 1. The number of aromatic nitrogens is 2. The fraction of sp³-hybridized carbons (Fsp3) is 0.412. The van der Waals surface area contributed by atoms with Gasteiger partial charge in [0.1, 0.15) is 0 Å². The van der Waals surface area contributed by atoms with Crippen molar-refractivity contribution in [3.63, 3.8) is 0 Å². The van der Waals surface area contributed by atoms with Gasteiger partial charge < -0.3 is 10.2 Å². The molecule has 0 aliphatic carbocycles. The number of urea groups is 1. The van der Waals surface area contributed by atoms with E-state index in [9.17, 15) is 13.6 Å². The summed E-state index contributed by atoms with van der Waals surface area (Å²) < 4.78 is 27.7. The number of nitrogens with one attached hydrogen (secondary N) is 1. The third kappa shape index (κ3) is 3.39. The van der Waals surface area contributed by atoms with E-state index in [1.807, 2.05) is 37.5 Å². The third-order valence-electron chi connectivity index (χ3n) is 4.31. The molecule has 0 saturated carbocycles. The van der Waals surface area contributed by atoms with Crippen molar-refractivity contribution in [2.24, 2.45) is 7.05 Å². The van der Waals surface area contributed by atoms with Crippen LogP contribution in [0.3, 0.4) is 0 Å². The summed E-state index contributed by atoms with van der Waals surface area (Å²) in [5.74, 6) is 0. The third-order valence-corrected chi connectivity index (χ3v) is 4.31. The number of likely N-dealkylation sites (tertiary alicyclic amines) is 1. The molecular formula is C17H20F2N4O. The van der Waals surface area contributed by atoms with E-state index < -0.39 is 18.5 Å².